The van der Waals surface area contributed by atoms with Gasteiger partial charge in [-0.1, -0.05) is 60.1 Å². The second kappa shape index (κ2) is 10.6. The summed E-state index contributed by atoms with van der Waals surface area (Å²) in [4.78, 5) is 36.4. The van der Waals surface area contributed by atoms with Crippen LogP contribution in [0.1, 0.15) is 27.4 Å². The molecule has 180 valence electrons. The number of amides is 2. The van der Waals surface area contributed by atoms with E-state index in [-0.39, 0.29) is 35.4 Å². The van der Waals surface area contributed by atoms with Gasteiger partial charge in [0, 0.05) is 18.7 Å². The van der Waals surface area contributed by atoms with Crippen LogP contribution in [0.2, 0.25) is 5.02 Å². The zero-order valence-corrected chi connectivity index (χ0v) is 19.5. The molecule has 1 aliphatic rings. The third-order valence-corrected chi connectivity index (χ3v) is 6.07. The van der Waals surface area contributed by atoms with Gasteiger partial charge in [0.05, 0.1) is 17.2 Å². The molecular formula is C26H23ClN2O6. The molecule has 0 unspecified atom stereocenters. The number of hydrogen-bond donors (Lipinski definition) is 3. The number of aromatic carboxylic acids is 1. The van der Waals surface area contributed by atoms with E-state index < -0.39 is 24.0 Å². The molecule has 0 radical (unpaired) electrons. The maximum Gasteiger partial charge on any atom is 0.407 e. The number of methoxy groups -OCH3 is 1. The van der Waals surface area contributed by atoms with Gasteiger partial charge in [0.15, 0.2) is 0 Å². The molecule has 1 atom stereocenters. The van der Waals surface area contributed by atoms with E-state index in [4.69, 9.17) is 26.2 Å². The SMILES string of the molecule is COC[C@H](NC(=O)OCC1c2ccccc2-c2ccccc21)C(=O)Nc1ccc(C(=O)O)c(Cl)c1. The number of benzene rings is 3. The Hall–Kier alpha value is -3.88. The van der Waals surface area contributed by atoms with Crippen molar-refractivity contribution in [3.8, 4) is 11.1 Å². The van der Waals surface area contributed by atoms with Crippen LogP contribution < -0.4 is 10.6 Å². The van der Waals surface area contributed by atoms with Gasteiger partial charge in [-0.15, -0.1) is 0 Å². The van der Waals surface area contributed by atoms with Crippen LogP contribution in [0.25, 0.3) is 11.1 Å². The molecule has 2 amide bonds. The summed E-state index contributed by atoms with van der Waals surface area (Å²) in [7, 11) is 1.40. The summed E-state index contributed by atoms with van der Waals surface area (Å²) >= 11 is 5.96. The lowest BCUT2D eigenvalue weighted by atomic mass is 9.98. The van der Waals surface area contributed by atoms with Gasteiger partial charge in [-0.05, 0) is 40.5 Å². The number of carboxylic acid groups (broad SMARTS) is 1. The molecule has 3 aromatic carbocycles. The van der Waals surface area contributed by atoms with Crippen LogP contribution in [-0.2, 0) is 14.3 Å². The van der Waals surface area contributed by atoms with Crippen molar-refractivity contribution < 1.29 is 29.0 Å². The average molecular weight is 495 g/mol. The van der Waals surface area contributed by atoms with Crippen LogP contribution in [-0.4, -0.2) is 49.4 Å². The predicted octanol–water partition coefficient (Wildman–Crippen LogP) is 4.53. The largest absolute Gasteiger partial charge is 0.478 e. The molecule has 0 saturated carbocycles. The minimum Gasteiger partial charge on any atom is -0.478 e. The van der Waals surface area contributed by atoms with Crippen LogP contribution >= 0.6 is 11.6 Å². The molecule has 0 saturated heterocycles. The summed E-state index contributed by atoms with van der Waals surface area (Å²) in [6.07, 6.45) is -0.761. The van der Waals surface area contributed by atoms with Gasteiger partial charge >= 0.3 is 12.1 Å². The quantitative estimate of drug-likeness (QED) is 0.424. The Balaban J connectivity index is 1.40. The number of hydrogen-bond acceptors (Lipinski definition) is 5. The maximum absolute atomic E-state index is 12.7. The van der Waals surface area contributed by atoms with Crippen molar-refractivity contribution in [2.24, 2.45) is 0 Å². The van der Waals surface area contributed by atoms with Crippen molar-refractivity contribution >= 4 is 35.3 Å². The third kappa shape index (κ3) is 5.29. The summed E-state index contributed by atoms with van der Waals surface area (Å²) < 4.78 is 10.6. The Bertz CT molecular complexity index is 1230. The zero-order valence-electron chi connectivity index (χ0n) is 18.8. The first kappa shape index (κ1) is 24.3. The van der Waals surface area contributed by atoms with E-state index in [1.165, 1.54) is 25.3 Å². The van der Waals surface area contributed by atoms with Crippen LogP contribution in [0.15, 0.2) is 66.7 Å². The molecule has 9 heteroatoms. The van der Waals surface area contributed by atoms with Gasteiger partial charge in [0.2, 0.25) is 5.91 Å². The standard InChI is InChI=1S/C26H23ClN2O6/c1-34-14-23(24(30)28-15-10-11-20(25(31)32)22(27)12-15)29-26(33)35-13-21-18-8-4-2-6-16(18)17-7-3-5-9-19(17)21/h2-12,21,23H,13-14H2,1H3,(H,28,30)(H,29,33)(H,31,32)/t23-/m0/s1. The van der Waals surface area contributed by atoms with Crippen LogP contribution in [0.5, 0.6) is 0 Å². The van der Waals surface area contributed by atoms with E-state index in [1.54, 1.807) is 0 Å². The number of carboxylic acids is 1. The summed E-state index contributed by atoms with van der Waals surface area (Å²) in [5.41, 5.74) is 4.57. The predicted molar refractivity (Wildman–Crippen MR) is 131 cm³/mol. The monoisotopic (exact) mass is 494 g/mol. The lowest BCUT2D eigenvalue weighted by Gasteiger charge is -2.19. The number of fused-ring (bicyclic) bond motifs is 3. The van der Waals surface area contributed by atoms with Gasteiger partial charge in [0.1, 0.15) is 12.6 Å². The van der Waals surface area contributed by atoms with Crippen LogP contribution in [0.3, 0.4) is 0 Å². The minimum absolute atomic E-state index is 0.0249. The van der Waals surface area contributed by atoms with Crippen molar-refractivity contribution in [2.45, 2.75) is 12.0 Å². The molecule has 0 bridgehead atoms. The lowest BCUT2D eigenvalue weighted by Crippen LogP contribution is -2.47. The van der Waals surface area contributed by atoms with Gasteiger partial charge < -0.3 is 25.2 Å². The Labute approximate surface area is 206 Å². The highest BCUT2D eigenvalue weighted by atomic mass is 35.5. The van der Waals surface area contributed by atoms with E-state index in [1.807, 2.05) is 48.5 Å². The number of alkyl carbamates (subject to hydrolysis) is 1. The highest BCUT2D eigenvalue weighted by Gasteiger charge is 2.30. The lowest BCUT2D eigenvalue weighted by molar-refractivity contribution is -0.119. The van der Waals surface area contributed by atoms with Crippen molar-refractivity contribution in [1.82, 2.24) is 5.32 Å². The number of carbonyl (C=O) groups is 3. The molecule has 4 rings (SSSR count). The first-order valence-electron chi connectivity index (χ1n) is 10.8. The van der Waals surface area contributed by atoms with Gasteiger partial charge in [-0.2, -0.15) is 0 Å². The van der Waals surface area contributed by atoms with Crippen molar-refractivity contribution in [1.29, 1.82) is 0 Å². The van der Waals surface area contributed by atoms with E-state index in [0.29, 0.717) is 0 Å². The van der Waals surface area contributed by atoms with Crippen molar-refractivity contribution in [3.05, 3.63) is 88.4 Å². The van der Waals surface area contributed by atoms with Crippen LogP contribution in [0, 0.1) is 0 Å². The summed E-state index contributed by atoms with van der Waals surface area (Å²) in [6, 6.07) is 18.9. The molecular weight excluding hydrogens is 472 g/mol. The molecule has 3 aromatic rings. The topological polar surface area (TPSA) is 114 Å². The van der Waals surface area contributed by atoms with Crippen molar-refractivity contribution in [3.63, 3.8) is 0 Å². The van der Waals surface area contributed by atoms with Crippen molar-refractivity contribution in [2.75, 3.05) is 25.6 Å². The highest BCUT2D eigenvalue weighted by Crippen LogP contribution is 2.44. The van der Waals surface area contributed by atoms with E-state index >= 15 is 0 Å². The fourth-order valence-electron chi connectivity index (χ4n) is 4.13. The molecule has 35 heavy (non-hydrogen) atoms. The average Bonchev–Trinajstić information content (AvgIpc) is 3.16. The third-order valence-electron chi connectivity index (χ3n) is 5.75. The Kier molecular flexibility index (Phi) is 7.33. The molecule has 0 fully saturated rings. The highest BCUT2D eigenvalue weighted by molar-refractivity contribution is 6.33. The second-order valence-corrected chi connectivity index (χ2v) is 8.37. The molecule has 3 N–H and O–H groups in total. The van der Waals surface area contributed by atoms with Gasteiger partial charge in [-0.3, -0.25) is 4.79 Å². The molecule has 8 nitrogen and oxygen atoms in total. The molecule has 0 aliphatic heterocycles. The van der Waals surface area contributed by atoms with Gasteiger partial charge in [-0.25, -0.2) is 9.59 Å². The van der Waals surface area contributed by atoms with E-state index in [0.717, 1.165) is 22.3 Å². The number of anilines is 1. The first-order valence-corrected chi connectivity index (χ1v) is 11.2. The Morgan fingerprint density at radius 2 is 1.63 bits per heavy atom. The number of carbonyl (C=O) groups excluding carboxylic acids is 2. The Morgan fingerprint density at radius 1 is 1.00 bits per heavy atom. The summed E-state index contributed by atoms with van der Waals surface area (Å²) in [6.45, 7) is 0.00437. The normalized spacial score (nSPS) is 12.9. The number of halogens is 1. The minimum atomic E-state index is -1.18. The number of nitrogens with one attached hydrogen (secondary N) is 2. The summed E-state index contributed by atoms with van der Waals surface area (Å²) in [5, 5.41) is 14.2. The smallest absolute Gasteiger partial charge is 0.407 e. The molecule has 0 spiro atoms. The maximum atomic E-state index is 12.7. The van der Waals surface area contributed by atoms with Crippen LogP contribution in [0.4, 0.5) is 10.5 Å². The molecule has 0 aromatic heterocycles. The van der Waals surface area contributed by atoms with E-state index in [9.17, 15) is 14.4 Å². The second-order valence-electron chi connectivity index (χ2n) is 7.97. The fourth-order valence-corrected chi connectivity index (χ4v) is 4.39. The Morgan fingerprint density at radius 3 is 2.20 bits per heavy atom. The number of rotatable bonds is 8. The fraction of sp³-hybridized carbons (Fsp3) is 0.192. The zero-order chi connectivity index (χ0) is 24.9. The number of ether oxygens (including phenoxy) is 2. The van der Waals surface area contributed by atoms with Gasteiger partial charge in [0.25, 0.3) is 0 Å². The molecule has 0 heterocycles. The van der Waals surface area contributed by atoms with E-state index in [2.05, 4.69) is 10.6 Å². The summed E-state index contributed by atoms with van der Waals surface area (Å²) in [5.74, 6) is -1.86. The first-order chi connectivity index (χ1) is 16.9. The molecule has 1 aliphatic carbocycles.